The maximum atomic E-state index is 12.7. The molecule has 9 heteroatoms. The van der Waals surface area contributed by atoms with Gasteiger partial charge >= 0.3 is 0 Å². The molecule has 30 heavy (non-hydrogen) atoms. The zero-order valence-electron chi connectivity index (χ0n) is 16.6. The van der Waals surface area contributed by atoms with E-state index >= 15 is 0 Å². The number of nitrogens with zero attached hydrogens (tertiary/aromatic N) is 3. The summed E-state index contributed by atoms with van der Waals surface area (Å²) in [7, 11) is -2.14. The molecule has 158 valence electrons. The van der Waals surface area contributed by atoms with Crippen molar-refractivity contribution in [1.29, 1.82) is 0 Å². The first-order valence-corrected chi connectivity index (χ1v) is 10.9. The highest BCUT2D eigenvalue weighted by Crippen LogP contribution is 2.24. The monoisotopic (exact) mass is 428 g/mol. The van der Waals surface area contributed by atoms with Gasteiger partial charge in [-0.25, -0.2) is 13.4 Å². The highest BCUT2D eigenvalue weighted by atomic mass is 32.2. The van der Waals surface area contributed by atoms with Crippen LogP contribution in [0.4, 0.5) is 5.69 Å². The second-order valence-corrected chi connectivity index (χ2v) is 8.54. The summed E-state index contributed by atoms with van der Waals surface area (Å²) in [5.74, 6) is 0.270. The highest BCUT2D eigenvalue weighted by Gasteiger charge is 2.20. The van der Waals surface area contributed by atoms with Crippen LogP contribution in [-0.4, -0.2) is 44.1 Å². The molecule has 0 aliphatic heterocycles. The molecule has 3 rings (SSSR count). The maximum absolute atomic E-state index is 12.7. The van der Waals surface area contributed by atoms with Gasteiger partial charge in [-0.3, -0.25) is 9.10 Å². The Kier molecular flexibility index (Phi) is 7.08. The number of nitrogens with one attached hydrogen (secondary N) is 1. The van der Waals surface area contributed by atoms with Crippen molar-refractivity contribution in [3.63, 3.8) is 0 Å². The zero-order chi connectivity index (χ0) is 21.4. The van der Waals surface area contributed by atoms with Crippen molar-refractivity contribution in [2.75, 3.05) is 24.5 Å². The number of carbonyl (C=O) groups is 1. The number of sulfonamides is 1. The fourth-order valence-electron chi connectivity index (χ4n) is 2.75. The van der Waals surface area contributed by atoms with Crippen LogP contribution in [-0.2, 0) is 21.4 Å². The van der Waals surface area contributed by atoms with E-state index in [1.807, 2.05) is 10.8 Å². The van der Waals surface area contributed by atoms with Gasteiger partial charge in [0.15, 0.2) is 6.61 Å². The van der Waals surface area contributed by atoms with Crippen LogP contribution in [0.5, 0.6) is 5.75 Å². The molecular formula is C21H24N4O4S. The van der Waals surface area contributed by atoms with Crippen LogP contribution >= 0.6 is 0 Å². The first-order valence-electron chi connectivity index (χ1n) is 9.46. The summed E-state index contributed by atoms with van der Waals surface area (Å²) >= 11 is 0. The van der Waals surface area contributed by atoms with Gasteiger partial charge in [0.2, 0.25) is 0 Å². The molecule has 0 spiro atoms. The van der Waals surface area contributed by atoms with Crippen LogP contribution in [0.25, 0.3) is 0 Å². The highest BCUT2D eigenvalue weighted by molar-refractivity contribution is 7.92. The number of rotatable bonds is 10. The first kappa shape index (κ1) is 21.4. The first-order chi connectivity index (χ1) is 14.5. The summed E-state index contributed by atoms with van der Waals surface area (Å²) in [6.45, 7) is 1.21. The molecule has 0 saturated heterocycles. The fraction of sp³-hybridized carbons (Fsp3) is 0.238. The second-order valence-electron chi connectivity index (χ2n) is 6.57. The van der Waals surface area contributed by atoms with E-state index in [1.165, 1.54) is 11.4 Å². The topological polar surface area (TPSA) is 93.5 Å². The summed E-state index contributed by atoms with van der Waals surface area (Å²) in [5, 5.41) is 2.80. The molecule has 0 aliphatic rings. The number of aromatic nitrogens is 2. The Balaban J connectivity index is 1.46. The van der Waals surface area contributed by atoms with Crippen LogP contribution in [0, 0.1) is 0 Å². The number of ether oxygens (including phenoxy) is 1. The SMILES string of the molecule is CN(c1ccc(OCC(=O)NCCCn2ccnc2)cc1)S(=O)(=O)c1ccccc1. The lowest BCUT2D eigenvalue weighted by molar-refractivity contribution is -0.123. The van der Waals surface area contributed by atoms with E-state index in [0.717, 1.165) is 13.0 Å². The number of hydrogen-bond donors (Lipinski definition) is 1. The lowest BCUT2D eigenvalue weighted by Gasteiger charge is -2.19. The van der Waals surface area contributed by atoms with Crippen molar-refractivity contribution < 1.29 is 17.9 Å². The van der Waals surface area contributed by atoms with Gasteiger partial charge in [-0.1, -0.05) is 18.2 Å². The van der Waals surface area contributed by atoms with Crippen molar-refractivity contribution in [3.8, 4) is 5.75 Å². The predicted molar refractivity (Wildman–Crippen MR) is 114 cm³/mol. The van der Waals surface area contributed by atoms with Gasteiger partial charge in [-0.05, 0) is 42.8 Å². The van der Waals surface area contributed by atoms with Gasteiger partial charge in [0.05, 0.1) is 16.9 Å². The van der Waals surface area contributed by atoms with E-state index < -0.39 is 10.0 Å². The molecule has 0 saturated carbocycles. The summed E-state index contributed by atoms with van der Waals surface area (Å²) in [6, 6.07) is 14.8. The minimum absolute atomic E-state index is 0.109. The number of carbonyl (C=O) groups excluding carboxylic acids is 1. The average molecular weight is 429 g/mol. The number of imidazole rings is 1. The third-order valence-corrected chi connectivity index (χ3v) is 6.25. The Bertz CT molecular complexity index is 1040. The van der Waals surface area contributed by atoms with E-state index in [9.17, 15) is 13.2 Å². The maximum Gasteiger partial charge on any atom is 0.264 e. The van der Waals surface area contributed by atoms with Crippen molar-refractivity contribution in [1.82, 2.24) is 14.9 Å². The Hall–Kier alpha value is -3.33. The molecule has 1 amide bonds. The Morgan fingerprint density at radius 3 is 2.53 bits per heavy atom. The minimum Gasteiger partial charge on any atom is -0.484 e. The largest absolute Gasteiger partial charge is 0.484 e. The standard InChI is InChI=1S/C21H24N4O4S/c1-24(30(27,28)20-6-3-2-4-7-20)18-8-10-19(11-9-18)29-16-21(26)23-12-5-14-25-15-13-22-17-25/h2-4,6-11,13,15,17H,5,12,14,16H2,1H3,(H,23,26). The second kappa shape index (κ2) is 9.93. The lowest BCUT2D eigenvalue weighted by atomic mass is 10.3. The molecule has 0 fully saturated rings. The molecule has 1 heterocycles. The Morgan fingerprint density at radius 2 is 1.87 bits per heavy atom. The van der Waals surface area contributed by atoms with Crippen LogP contribution in [0.2, 0.25) is 0 Å². The molecule has 8 nitrogen and oxygen atoms in total. The number of amides is 1. The van der Waals surface area contributed by atoms with E-state index in [1.54, 1.807) is 67.1 Å². The van der Waals surface area contributed by atoms with Gasteiger partial charge in [-0.15, -0.1) is 0 Å². The van der Waals surface area contributed by atoms with Gasteiger partial charge in [0.1, 0.15) is 5.75 Å². The molecule has 0 radical (unpaired) electrons. The van der Waals surface area contributed by atoms with Crippen LogP contribution in [0.15, 0.2) is 78.2 Å². The van der Waals surface area contributed by atoms with E-state index in [4.69, 9.17) is 4.74 Å². The molecule has 3 aromatic rings. The number of hydrogen-bond acceptors (Lipinski definition) is 5. The summed E-state index contributed by atoms with van der Waals surface area (Å²) < 4.78 is 34.0. The number of benzene rings is 2. The molecule has 0 atom stereocenters. The summed E-state index contributed by atoms with van der Waals surface area (Å²) in [4.78, 5) is 16.1. The van der Waals surface area contributed by atoms with Gasteiger partial charge in [0.25, 0.3) is 15.9 Å². The fourth-order valence-corrected chi connectivity index (χ4v) is 3.97. The van der Waals surface area contributed by atoms with Crippen molar-refractivity contribution in [2.45, 2.75) is 17.9 Å². The molecule has 2 aromatic carbocycles. The van der Waals surface area contributed by atoms with E-state index in [-0.39, 0.29) is 17.4 Å². The average Bonchev–Trinajstić information content (AvgIpc) is 3.29. The normalized spacial score (nSPS) is 11.1. The molecule has 0 aliphatic carbocycles. The van der Waals surface area contributed by atoms with Gasteiger partial charge < -0.3 is 14.6 Å². The Morgan fingerprint density at radius 1 is 1.13 bits per heavy atom. The third-order valence-electron chi connectivity index (χ3n) is 4.45. The molecular weight excluding hydrogens is 404 g/mol. The predicted octanol–water partition coefficient (Wildman–Crippen LogP) is 2.29. The van der Waals surface area contributed by atoms with Crippen molar-refractivity contribution in [2.24, 2.45) is 0 Å². The van der Waals surface area contributed by atoms with Crippen LogP contribution in [0.1, 0.15) is 6.42 Å². The van der Waals surface area contributed by atoms with Gasteiger partial charge in [-0.2, -0.15) is 0 Å². The van der Waals surface area contributed by atoms with Gasteiger partial charge in [0, 0.05) is 32.5 Å². The third kappa shape index (κ3) is 5.60. The Labute approximate surface area is 176 Å². The number of anilines is 1. The molecule has 1 N–H and O–H groups in total. The van der Waals surface area contributed by atoms with Crippen LogP contribution in [0.3, 0.4) is 0 Å². The summed E-state index contributed by atoms with van der Waals surface area (Å²) in [5.41, 5.74) is 0.496. The number of aryl methyl sites for hydroxylation is 1. The van der Waals surface area contributed by atoms with Crippen molar-refractivity contribution >= 4 is 21.6 Å². The molecule has 1 aromatic heterocycles. The summed E-state index contributed by atoms with van der Waals surface area (Å²) in [6.07, 6.45) is 6.11. The molecule has 0 bridgehead atoms. The quantitative estimate of drug-likeness (QED) is 0.500. The lowest BCUT2D eigenvalue weighted by Crippen LogP contribution is -2.30. The zero-order valence-corrected chi connectivity index (χ0v) is 17.5. The van der Waals surface area contributed by atoms with E-state index in [2.05, 4.69) is 10.3 Å². The molecule has 0 unspecified atom stereocenters. The van der Waals surface area contributed by atoms with Crippen LogP contribution < -0.4 is 14.4 Å². The van der Waals surface area contributed by atoms with Crippen molar-refractivity contribution in [3.05, 3.63) is 73.3 Å². The minimum atomic E-state index is -3.64. The smallest absolute Gasteiger partial charge is 0.264 e. The van der Waals surface area contributed by atoms with E-state index in [0.29, 0.717) is 18.0 Å².